The number of hydrogen-bond donors (Lipinski definition) is 1. The maximum absolute atomic E-state index is 3.79. The lowest BCUT2D eigenvalue weighted by molar-refractivity contribution is 0.351. The van der Waals surface area contributed by atoms with Gasteiger partial charge in [-0.15, -0.1) is 0 Å². The Kier molecular flexibility index (Phi) is 3.65. The van der Waals surface area contributed by atoms with Crippen LogP contribution in [0.5, 0.6) is 0 Å². The van der Waals surface area contributed by atoms with Crippen LogP contribution < -0.4 is 5.32 Å². The summed E-state index contributed by atoms with van der Waals surface area (Å²) in [6.45, 7) is 6.92. The molecular weight excluding hydrogens is 194 g/mol. The summed E-state index contributed by atoms with van der Waals surface area (Å²) >= 11 is 0. The SMILES string of the molecule is CC(C)[C@@H](N[C@@H](C)C1CC1)c1ccccc1. The molecule has 2 rings (SSSR count). The van der Waals surface area contributed by atoms with E-state index in [0.717, 1.165) is 5.92 Å². The zero-order valence-corrected chi connectivity index (χ0v) is 10.6. The Labute approximate surface area is 99.3 Å². The molecule has 0 heterocycles. The molecule has 0 amide bonds. The molecule has 0 saturated heterocycles. The van der Waals surface area contributed by atoms with E-state index in [9.17, 15) is 0 Å². The monoisotopic (exact) mass is 217 g/mol. The Bertz CT molecular complexity index is 313. The van der Waals surface area contributed by atoms with Crippen molar-refractivity contribution in [3.8, 4) is 0 Å². The zero-order chi connectivity index (χ0) is 11.5. The highest BCUT2D eigenvalue weighted by atomic mass is 15.0. The van der Waals surface area contributed by atoms with Crippen molar-refractivity contribution in [1.29, 1.82) is 0 Å². The second-order valence-corrected chi connectivity index (χ2v) is 5.43. The van der Waals surface area contributed by atoms with E-state index < -0.39 is 0 Å². The van der Waals surface area contributed by atoms with Gasteiger partial charge in [0.1, 0.15) is 0 Å². The van der Waals surface area contributed by atoms with Crippen LogP contribution in [-0.2, 0) is 0 Å². The van der Waals surface area contributed by atoms with Crippen molar-refractivity contribution < 1.29 is 0 Å². The topological polar surface area (TPSA) is 12.0 Å². The summed E-state index contributed by atoms with van der Waals surface area (Å²) in [5, 5.41) is 3.79. The van der Waals surface area contributed by atoms with Crippen molar-refractivity contribution in [2.24, 2.45) is 11.8 Å². The average molecular weight is 217 g/mol. The van der Waals surface area contributed by atoms with Crippen molar-refractivity contribution in [1.82, 2.24) is 5.32 Å². The van der Waals surface area contributed by atoms with Gasteiger partial charge in [-0.2, -0.15) is 0 Å². The number of nitrogens with one attached hydrogen (secondary N) is 1. The summed E-state index contributed by atoms with van der Waals surface area (Å²) in [5.74, 6) is 1.56. The normalized spacial score (nSPS) is 19.8. The predicted octanol–water partition coefficient (Wildman–Crippen LogP) is 3.77. The first kappa shape index (κ1) is 11.7. The highest BCUT2D eigenvalue weighted by Crippen LogP contribution is 2.34. The first-order valence-electron chi connectivity index (χ1n) is 6.49. The molecule has 1 aromatic carbocycles. The van der Waals surface area contributed by atoms with Gasteiger partial charge in [-0.05, 0) is 37.2 Å². The van der Waals surface area contributed by atoms with Crippen molar-refractivity contribution in [3.05, 3.63) is 35.9 Å². The van der Waals surface area contributed by atoms with E-state index in [1.54, 1.807) is 0 Å². The molecule has 88 valence electrons. The molecule has 1 saturated carbocycles. The molecule has 0 radical (unpaired) electrons. The molecule has 2 atom stereocenters. The molecule has 0 bridgehead atoms. The molecule has 0 aromatic heterocycles. The van der Waals surface area contributed by atoms with Gasteiger partial charge in [-0.1, -0.05) is 44.2 Å². The molecule has 0 spiro atoms. The van der Waals surface area contributed by atoms with E-state index in [2.05, 4.69) is 56.4 Å². The summed E-state index contributed by atoms with van der Waals surface area (Å²) in [5.41, 5.74) is 1.42. The summed E-state index contributed by atoms with van der Waals surface area (Å²) in [4.78, 5) is 0. The van der Waals surface area contributed by atoms with Crippen LogP contribution in [0.15, 0.2) is 30.3 Å². The van der Waals surface area contributed by atoms with Crippen LogP contribution in [0.4, 0.5) is 0 Å². The van der Waals surface area contributed by atoms with E-state index in [-0.39, 0.29) is 0 Å². The third-order valence-corrected chi connectivity index (χ3v) is 3.60. The van der Waals surface area contributed by atoms with Gasteiger partial charge in [0.15, 0.2) is 0 Å². The van der Waals surface area contributed by atoms with Crippen LogP contribution in [0.2, 0.25) is 0 Å². The lowest BCUT2D eigenvalue weighted by Gasteiger charge is -2.27. The van der Waals surface area contributed by atoms with Crippen molar-refractivity contribution >= 4 is 0 Å². The van der Waals surface area contributed by atoms with Gasteiger partial charge in [0.2, 0.25) is 0 Å². The molecule has 1 nitrogen and oxygen atoms in total. The maximum atomic E-state index is 3.79. The van der Waals surface area contributed by atoms with E-state index in [0.29, 0.717) is 18.0 Å². The van der Waals surface area contributed by atoms with Crippen LogP contribution in [0.3, 0.4) is 0 Å². The van der Waals surface area contributed by atoms with E-state index in [1.807, 2.05) is 0 Å². The molecule has 1 fully saturated rings. The standard InChI is InChI=1S/C15H23N/c1-11(2)15(14-7-5-4-6-8-14)16-12(3)13-9-10-13/h4-8,11-13,15-16H,9-10H2,1-3H3/t12-,15+/m0/s1. The first-order valence-corrected chi connectivity index (χ1v) is 6.49. The minimum atomic E-state index is 0.497. The third kappa shape index (κ3) is 2.85. The smallest absolute Gasteiger partial charge is 0.0345 e. The molecule has 1 heteroatoms. The van der Waals surface area contributed by atoms with Crippen molar-refractivity contribution in [3.63, 3.8) is 0 Å². The van der Waals surface area contributed by atoms with Crippen LogP contribution in [0.1, 0.15) is 45.2 Å². The van der Waals surface area contributed by atoms with Gasteiger partial charge in [0.25, 0.3) is 0 Å². The minimum Gasteiger partial charge on any atom is -0.307 e. The Morgan fingerprint density at radius 2 is 1.69 bits per heavy atom. The van der Waals surface area contributed by atoms with E-state index in [1.165, 1.54) is 18.4 Å². The molecule has 1 aliphatic rings. The zero-order valence-electron chi connectivity index (χ0n) is 10.6. The predicted molar refractivity (Wildman–Crippen MR) is 69.3 cm³/mol. The minimum absolute atomic E-state index is 0.497. The highest BCUT2D eigenvalue weighted by molar-refractivity contribution is 5.19. The molecule has 1 aliphatic carbocycles. The molecule has 0 unspecified atom stereocenters. The largest absolute Gasteiger partial charge is 0.307 e. The van der Waals surface area contributed by atoms with Gasteiger partial charge >= 0.3 is 0 Å². The Morgan fingerprint density at radius 3 is 2.19 bits per heavy atom. The van der Waals surface area contributed by atoms with Crippen LogP contribution in [0, 0.1) is 11.8 Å². The van der Waals surface area contributed by atoms with E-state index >= 15 is 0 Å². The lowest BCUT2D eigenvalue weighted by Crippen LogP contribution is -2.34. The molecular formula is C15H23N. The summed E-state index contributed by atoms with van der Waals surface area (Å²) < 4.78 is 0. The summed E-state index contributed by atoms with van der Waals surface area (Å²) in [6.07, 6.45) is 2.82. The fourth-order valence-electron chi connectivity index (χ4n) is 2.35. The average Bonchev–Trinajstić information content (AvgIpc) is 3.10. The summed E-state index contributed by atoms with van der Waals surface area (Å²) in [7, 11) is 0. The van der Waals surface area contributed by atoms with Crippen molar-refractivity contribution in [2.75, 3.05) is 0 Å². The van der Waals surface area contributed by atoms with Gasteiger partial charge in [-0.25, -0.2) is 0 Å². The molecule has 1 aromatic rings. The fraction of sp³-hybridized carbons (Fsp3) is 0.600. The van der Waals surface area contributed by atoms with Crippen LogP contribution >= 0.6 is 0 Å². The second kappa shape index (κ2) is 5.01. The van der Waals surface area contributed by atoms with Crippen molar-refractivity contribution in [2.45, 2.75) is 45.7 Å². The quantitative estimate of drug-likeness (QED) is 0.791. The van der Waals surface area contributed by atoms with E-state index in [4.69, 9.17) is 0 Å². The third-order valence-electron chi connectivity index (χ3n) is 3.60. The van der Waals surface area contributed by atoms with Gasteiger partial charge in [-0.3, -0.25) is 0 Å². The Balaban J connectivity index is 2.05. The first-order chi connectivity index (χ1) is 7.68. The lowest BCUT2D eigenvalue weighted by atomic mass is 9.95. The summed E-state index contributed by atoms with van der Waals surface area (Å²) in [6, 6.07) is 12.0. The molecule has 1 N–H and O–H groups in total. The maximum Gasteiger partial charge on any atom is 0.0345 e. The second-order valence-electron chi connectivity index (χ2n) is 5.43. The Hall–Kier alpha value is -0.820. The highest BCUT2D eigenvalue weighted by Gasteiger charge is 2.30. The number of benzene rings is 1. The van der Waals surface area contributed by atoms with Crippen LogP contribution in [-0.4, -0.2) is 6.04 Å². The van der Waals surface area contributed by atoms with Gasteiger partial charge < -0.3 is 5.32 Å². The van der Waals surface area contributed by atoms with Gasteiger partial charge in [0, 0.05) is 12.1 Å². The number of hydrogen-bond acceptors (Lipinski definition) is 1. The number of rotatable bonds is 5. The van der Waals surface area contributed by atoms with Gasteiger partial charge in [0.05, 0.1) is 0 Å². The molecule has 16 heavy (non-hydrogen) atoms. The molecule has 0 aliphatic heterocycles. The van der Waals surface area contributed by atoms with Crippen LogP contribution in [0.25, 0.3) is 0 Å². The Morgan fingerprint density at radius 1 is 1.06 bits per heavy atom. The fourth-order valence-corrected chi connectivity index (χ4v) is 2.35.